The van der Waals surface area contributed by atoms with E-state index in [2.05, 4.69) is 32.3 Å². The average molecular weight is 383 g/mol. The number of nitrogens with zero attached hydrogens (tertiary/aromatic N) is 3. The van der Waals surface area contributed by atoms with Crippen molar-refractivity contribution in [3.63, 3.8) is 0 Å². The van der Waals surface area contributed by atoms with E-state index in [9.17, 15) is 14.9 Å². The van der Waals surface area contributed by atoms with E-state index in [0.29, 0.717) is 30.8 Å². The number of aromatic nitrogens is 1. The molecule has 0 aromatic carbocycles. The standard InChI is InChI=1S/C20H25N5O3/c1-5-15-7-8-16(10-21)25(15)18(26)12-24-20(2,3)13-23-17-9-6-14(11-22-17)19(27)28-4/h1,6,9,11,15-16,24H,7-8,12-13H2,2-4H3,(H,22,23). The summed E-state index contributed by atoms with van der Waals surface area (Å²) in [4.78, 5) is 29.7. The minimum atomic E-state index is -0.464. The molecule has 0 bridgehead atoms. The van der Waals surface area contributed by atoms with Crippen LogP contribution >= 0.6 is 0 Å². The lowest BCUT2D eigenvalue weighted by molar-refractivity contribution is -0.131. The third-order valence-electron chi connectivity index (χ3n) is 4.63. The number of carbonyl (C=O) groups is 2. The van der Waals surface area contributed by atoms with Gasteiger partial charge in [-0.3, -0.25) is 4.79 Å². The summed E-state index contributed by atoms with van der Waals surface area (Å²) in [6.07, 6.45) is 8.19. The second kappa shape index (κ2) is 9.20. The lowest BCUT2D eigenvalue weighted by atomic mass is 10.1. The zero-order valence-corrected chi connectivity index (χ0v) is 16.4. The summed E-state index contributed by atoms with van der Waals surface area (Å²) >= 11 is 0. The zero-order chi connectivity index (χ0) is 20.7. The van der Waals surface area contributed by atoms with Crippen molar-refractivity contribution < 1.29 is 14.3 Å². The van der Waals surface area contributed by atoms with E-state index in [4.69, 9.17) is 6.42 Å². The minimum Gasteiger partial charge on any atom is -0.465 e. The molecule has 2 heterocycles. The Morgan fingerprint density at radius 1 is 1.39 bits per heavy atom. The third kappa shape index (κ3) is 5.21. The van der Waals surface area contributed by atoms with Crippen LogP contribution in [0.15, 0.2) is 18.3 Å². The zero-order valence-electron chi connectivity index (χ0n) is 16.4. The number of ether oxygens (including phenoxy) is 1. The van der Waals surface area contributed by atoms with Gasteiger partial charge in [0.15, 0.2) is 0 Å². The topological polar surface area (TPSA) is 107 Å². The van der Waals surface area contributed by atoms with Crippen LogP contribution in [-0.4, -0.2) is 59.6 Å². The van der Waals surface area contributed by atoms with Gasteiger partial charge in [-0.25, -0.2) is 9.78 Å². The molecule has 0 spiro atoms. The summed E-state index contributed by atoms with van der Waals surface area (Å²) in [5.41, 5.74) is -0.0527. The number of nitriles is 1. The maximum absolute atomic E-state index is 12.6. The minimum absolute atomic E-state index is 0.0831. The third-order valence-corrected chi connectivity index (χ3v) is 4.63. The molecule has 2 rings (SSSR count). The van der Waals surface area contributed by atoms with Gasteiger partial charge in [0, 0.05) is 18.3 Å². The van der Waals surface area contributed by atoms with Gasteiger partial charge in [0.2, 0.25) is 5.91 Å². The Kier molecular flexibility index (Phi) is 6.97. The predicted molar refractivity (Wildman–Crippen MR) is 104 cm³/mol. The van der Waals surface area contributed by atoms with Crippen LogP contribution in [-0.2, 0) is 9.53 Å². The number of methoxy groups -OCH3 is 1. The molecule has 0 saturated carbocycles. The summed E-state index contributed by atoms with van der Waals surface area (Å²) in [5, 5.41) is 15.6. The molecule has 2 unspecified atom stereocenters. The summed E-state index contributed by atoms with van der Waals surface area (Å²) < 4.78 is 4.64. The Hall–Kier alpha value is -3.10. The summed E-state index contributed by atoms with van der Waals surface area (Å²) in [5.74, 6) is 2.57. The largest absolute Gasteiger partial charge is 0.465 e. The molecule has 8 heteroatoms. The van der Waals surface area contributed by atoms with E-state index >= 15 is 0 Å². The molecular weight excluding hydrogens is 358 g/mol. The number of pyridine rings is 1. The molecule has 148 valence electrons. The molecule has 1 fully saturated rings. The predicted octanol–water partition coefficient (Wildman–Crippen LogP) is 1.16. The summed E-state index contributed by atoms with van der Waals surface area (Å²) in [7, 11) is 1.32. The van der Waals surface area contributed by atoms with Crippen molar-refractivity contribution >= 4 is 17.7 Å². The van der Waals surface area contributed by atoms with Crippen molar-refractivity contribution in [2.75, 3.05) is 25.5 Å². The fourth-order valence-electron chi connectivity index (χ4n) is 2.97. The van der Waals surface area contributed by atoms with Crippen LogP contribution in [0, 0.1) is 23.7 Å². The van der Waals surface area contributed by atoms with Crippen LogP contribution < -0.4 is 10.6 Å². The van der Waals surface area contributed by atoms with Gasteiger partial charge in [-0.2, -0.15) is 5.26 Å². The molecule has 1 saturated heterocycles. The highest BCUT2D eigenvalue weighted by molar-refractivity contribution is 5.89. The van der Waals surface area contributed by atoms with E-state index < -0.39 is 17.6 Å². The number of rotatable bonds is 7. The van der Waals surface area contributed by atoms with Crippen molar-refractivity contribution in [2.45, 2.75) is 44.3 Å². The van der Waals surface area contributed by atoms with Crippen LogP contribution in [0.4, 0.5) is 5.82 Å². The van der Waals surface area contributed by atoms with Crippen LogP contribution in [0.2, 0.25) is 0 Å². The Morgan fingerprint density at radius 2 is 2.11 bits per heavy atom. The van der Waals surface area contributed by atoms with Gasteiger partial charge in [-0.1, -0.05) is 5.92 Å². The average Bonchev–Trinajstić information content (AvgIpc) is 3.13. The lowest BCUT2D eigenvalue weighted by Crippen LogP contribution is -2.52. The van der Waals surface area contributed by atoms with Gasteiger partial charge >= 0.3 is 5.97 Å². The molecule has 1 aliphatic heterocycles. The molecule has 8 nitrogen and oxygen atoms in total. The van der Waals surface area contributed by atoms with Gasteiger partial charge in [-0.15, -0.1) is 6.42 Å². The van der Waals surface area contributed by atoms with E-state index in [1.165, 1.54) is 18.2 Å². The van der Waals surface area contributed by atoms with Crippen molar-refractivity contribution in [3.05, 3.63) is 23.9 Å². The number of anilines is 1. The first-order valence-electron chi connectivity index (χ1n) is 9.01. The Morgan fingerprint density at radius 3 is 2.68 bits per heavy atom. The van der Waals surface area contributed by atoms with Gasteiger partial charge in [0.05, 0.1) is 31.3 Å². The maximum Gasteiger partial charge on any atom is 0.339 e. The molecule has 28 heavy (non-hydrogen) atoms. The first kappa shape index (κ1) is 21.2. The van der Waals surface area contributed by atoms with Crippen molar-refractivity contribution in [1.29, 1.82) is 5.26 Å². The molecular formula is C20H25N5O3. The summed E-state index contributed by atoms with van der Waals surface area (Å²) in [6.45, 7) is 4.46. The second-order valence-corrected chi connectivity index (χ2v) is 7.22. The molecule has 1 aromatic heterocycles. The number of likely N-dealkylation sites (tertiary alicyclic amines) is 1. The van der Waals surface area contributed by atoms with E-state index in [1.807, 2.05) is 13.8 Å². The number of esters is 1. The highest BCUT2D eigenvalue weighted by Crippen LogP contribution is 2.23. The van der Waals surface area contributed by atoms with Crippen molar-refractivity contribution in [2.24, 2.45) is 0 Å². The maximum atomic E-state index is 12.6. The highest BCUT2D eigenvalue weighted by atomic mass is 16.5. The van der Waals surface area contributed by atoms with E-state index in [0.717, 1.165) is 0 Å². The smallest absolute Gasteiger partial charge is 0.339 e. The van der Waals surface area contributed by atoms with E-state index in [1.54, 1.807) is 12.1 Å². The SMILES string of the molecule is C#CC1CCC(C#N)N1C(=O)CNC(C)(C)CNc1ccc(C(=O)OC)cn1. The van der Waals surface area contributed by atoms with Crippen LogP contribution in [0.3, 0.4) is 0 Å². The van der Waals surface area contributed by atoms with Crippen molar-refractivity contribution in [1.82, 2.24) is 15.2 Å². The Labute approximate surface area is 165 Å². The van der Waals surface area contributed by atoms with Crippen LogP contribution in [0.25, 0.3) is 0 Å². The molecule has 2 N–H and O–H groups in total. The van der Waals surface area contributed by atoms with Crippen LogP contribution in [0.5, 0.6) is 0 Å². The first-order valence-corrected chi connectivity index (χ1v) is 9.01. The molecule has 1 aromatic rings. The monoisotopic (exact) mass is 383 g/mol. The lowest BCUT2D eigenvalue weighted by Gasteiger charge is -2.29. The number of hydrogen-bond acceptors (Lipinski definition) is 7. The normalized spacial score (nSPS) is 18.8. The number of amides is 1. The summed E-state index contributed by atoms with van der Waals surface area (Å²) in [6, 6.07) is 4.68. The van der Waals surface area contributed by atoms with Crippen molar-refractivity contribution in [3.8, 4) is 18.4 Å². The molecule has 2 atom stereocenters. The van der Waals surface area contributed by atoms with E-state index in [-0.39, 0.29) is 18.5 Å². The first-order chi connectivity index (χ1) is 13.3. The van der Waals surface area contributed by atoms with Gasteiger partial charge in [0.1, 0.15) is 11.9 Å². The number of nitrogens with one attached hydrogen (secondary N) is 2. The highest BCUT2D eigenvalue weighted by Gasteiger charge is 2.36. The van der Waals surface area contributed by atoms with Crippen LogP contribution in [0.1, 0.15) is 37.0 Å². The van der Waals surface area contributed by atoms with Gasteiger partial charge < -0.3 is 20.3 Å². The molecule has 1 aliphatic rings. The quantitative estimate of drug-likeness (QED) is 0.537. The van der Waals surface area contributed by atoms with Gasteiger partial charge in [0.25, 0.3) is 0 Å². The van der Waals surface area contributed by atoms with Gasteiger partial charge in [-0.05, 0) is 38.8 Å². The molecule has 1 amide bonds. The number of terminal acetylenes is 1. The Bertz CT molecular complexity index is 770. The number of hydrogen-bond donors (Lipinski definition) is 2. The molecule has 0 aliphatic carbocycles. The fourth-order valence-corrected chi connectivity index (χ4v) is 2.97. The Balaban J connectivity index is 1.88. The second-order valence-electron chi connectivity index (χ2n) is 7.22. The fraction of sp³-hybridized carbons (Fsp3) is 0.500. The molecule has 0 radical (unpaired) electrons. The number of carbonyl (C=O) groups excluding carboxylic acids is 2.